The van der Waals surface area contributed by atoms with E-state index in [1.807, 2.05) is 0 Å². The van der Waals surface area contributed by atoms with Crippen LogP contribution in [0.25, 0.3) is 10.8 Å². The molecule has 3 aromatic rings. The molecule has 0 aliphatic heterocycles. The molecule has 0 saturated carbocycles. The minimum atomic E-state index is -4.43. The third-order valence-corrected chi connectivity index (χ3v) is 4.44. The van der Waals surface area contributed by atoms with Crippen molar-refractivity contribution in [3.63, 3.8) is 0 Å². The number of carbonyl (C=O) groups excluding carboxylic acids is 1. The van der Waals surface area contributed by atoms with Crippen molar-refractivity contribution in [1.82, 2.24) is 0 Å². The van der Waals surface area contributed by atoms with E-state index in [4.69, 9.17) is 10.3 Å². The number of anilines is 2. The van der Waals surface area contributed by atoms with E-state index in [-0.39, 0.29) is 42.6 Å². The van der Waals surface area contributed by atoms with E-state index in [9.17, 15) is 18.3 Å². The van der Waals surface area contributed by atoms with Crippen LogP contribution in [0.15, 0.2) is 59.5 Å². The van der Waals surface area contributed by atoms with Crippen LogP contribution in [0.2, 0.25) is 0 Å². The van der Waals surface area contributed by atoms with E-state index in [1.165, 1.54) is 24.3 Å². The Morgan fingerprint density at radius 3 is 2.46 bits per heavy atom. The zero-order valence-electron chi connectivity index (χ0n) is 14.8. The normalized spacial score (nSPS) is 11.0. The summed E-state index contributed by atoms with van der Waals surface area (Å²) < 4.78 is 31.5. The number of nitrogen functional groups attached to an aromatic ring is 1. The van der Waals surface area contributed by atoms with Gasteiger partial charge < -0.3 is 17.6 Å². The van der Waals surface area contributed by atoms with Gasteiger partial charge in [0, 0.05) is 28.4 Å². The molecule has 0 aliphatic rings. The van der Waals surface area contributed by atoms with Crippen molar-refractivity contribution in [3.8, 4) is 5.75 Å². The minimum Gasteiger partial charge on any atom is -1.00 e. The zero-order chi connectivity index (χ0) is 18.2. The van der Waals surface area contributed by atoms with Gasteiger partial charge in [0.15, 0.2) is 0 Å². The quantitative estimate of drug-likeness (QED) is 0.281. The Bertz CT molecular complexity index is 1110. The largest absolute Gasteiger partial charge is 1.00 e. The first-order valence-electron chi connectivity index (χ1n) is 7.15. The van der Waals surface area contributed by atoms with Gasteiger partial charge in [-0.1, -0.05) is 12.1 Å². The van der Waals surface area contributed by atoms with Gasteiger partial charge in [-0.15, -0.1) is 0 Å². The molecule has 0 aliphatic carbocycles. The molecule has 3 rings (SSSR count). The molecule has 0 saturated heterocycles. The van der Waals surface area contributed by atoms with Crippen LogP contribution in [0.3, 0.4) is 0 Å². The fraction of sp³-hybridized carbons (Fsp3) is 0. The maximum absolute atomic E-state index is 12.2. The third kappa shape index (κ3) is 4.35. The number of aromatic hydroxyl groups is 1. The molecule has 0 fully saturated rings. The Kier molecular flexibility index (Phi) is 5.94. The standard InChI is InChI=1S/C17H14N2O5S.Na.H/c18-12-3-1-2-11(6-12)17(21)19-13-5-4-10-7-14(25(22,23)24)9-16(20)15(10)8-13;;/h1-9,20H,18H2,(H,19,21)(H,22,23,24);;/q;+1;-1. The van der Waals surface area contributed by atoms with Crippen LogP contribution in [0.4, 0.5) is 11.4 Å². The summed E-state index contributed by atoms with van der Waals surface area (Å²) in [6.45, 7) is 0. The first-order chi connectivity index (χ1) is 11.7. The SMILES string of the molecule is Nc1cccc(C(=O)Nc2ccc3cc(S(=O)(=O)O)cc(O)c3c2)c1.[H-].[Na+]. The molecule has 0 heterocycles. The number of nitrogens with one attached hydrogen (secondary N) is 1. The Morgan fingerprint density at radius 2 is 1.81 bits per heavy atom. The second kappa shape index (κ2) is 7.65. The van der Waals surface area contributed by atoms with E-state index < -0.39 is 15.0 Å². The van der Waals surface area contributed by atoms with Crippen molar-refractivity contribution >= 4 is 38.2 Å². The molecular weight excluding hydrogens is 367 g/mol. The number of benzene rings is 3. The van der Waals surface area contributed by atoms with Crippen LogP contribution in [-0.4, -0.2) is 24.0 Å². The molecule has 7 nitrogen and oxygen atoms in total. The maximum Gasteiger partial charge on any atom is 1.00 e. The molecule has 26 heavy (non-hydrogen) atoms. The predicted octanol–water partition coefficient (Wildman–Crippen LogP) is -0.257. The Morgan fingerprint density at radius 1 is 1.08 bits per heavy atom. The van der Waals surface area contributed by atoms with Gasteiger partial charge >= 0.3 is 29.6 Å². The van der Waals surface area contributed by atoms with Crippen LogP contribution in [-0.2, 0) is 10.1 Å². The average molecular weight is 382 g/mol. The fourth-order valence-electron chi connectivity index (χ4n) is 2.42. The summed E-state index contributed by atoms with van der Waals surface area (Å²) in [4.78, 5) is 11.8. The van der Waals surface area contributed by atoms with Crippen molar-refractivity contribution in [3.05, 3.63) is 60.2 Å². The van der Waals surface area contributed by atoms with Crippen molar-refractivity contribution in [2.24, 2.45) is 0 Å². The van der Waals surface area contributed by atoms with E-state index in [0.717, 1.165) is 6.07 Å². The van der Waals surface area contributed by atoms with E-state index in [1.54, 1.807) is 24.3 Å². The third-order valence-electron chi connectivity index (χ3n) is 3.61. The van der Waals surface area contributed by atoms with E-state index in [2.05, 4.69) is 5.32 Å². The van der Waals surface area contributed by atoms with Crippen LogP contribution >= 0.6 is 0 Å². The molecular formula is C17H15N2NaO5S. The molecule has 0 radical (unpaired) electrons. The Hall–Kier alpha value is -2.10. The number of phenols is 1. The van der Waals surface area contributed by atoms with Crippen molar-refractivity contribution in [1.29, 1.82) is 0 Å². The molecule has 0 spiro atoms. The summed E-state index contributed by atoms with van der Waals surface area (Å²) in [5.74, 6) is -0.703. The Labute approximate surface area is 173 Å². The number of amides is 1. The summed E-state index contributed by atoms with van der Waals surface area (Å²) in [5.41, 5.74) is 6.90. The molecule has 5 N–H and O–H groups in total. The van der Waals surface area contributed by atoms with E-state index in [0.29, 0.717) is 27.7 Å². The van der Waals surface area contributed by atoms with Crippen LogP contribution in [0.1, 0.15) is 11.8 Å². The number of fused-ring (bicyclic) bond motifs is 1. The second-order valence-electron chi connectivity index (χ2n) is 5.43. The van der Waals surface area contributed by atoms with Crippen LogP contribution in [0, 0.1) is 0 Å². The number of phenolic OH excluding ortho intramolecular Hbond substituents is 1. The van der Waals surface area contributed by atoms with Gasteiger partial charge in [0.05, 0.1) is 4.90 Å². The number of nitrogens with two attached hydrogens (primary N) is 1. The zero-order valence-corrected chi connectivity index (χ0v) is 16.6. The molecule has 3 aromatic carbocycles. The first-order valence-corrected chi connectivity index (χ1v) is 8.59. The number of hydrogen-bond donors (Lipinski definition) is 4. The molecule has 130 valence electrons. The second-order valence-corrected chi connectivity index (χ2v) is 6.85. The summed E-state index contributed by atoms with van der Waals surface area (Å²) in [6, 6.07) is 13.2. The number of carbonyl (C=O) groups is 1. The summed E-state index contributed by atoms with van der Waals surface area (Å²) in [5, 5.41) is 13.4. The van der Waals surface area contributed by atoms with Crippen molar-refractivity contribution in [2.45, 2.75) is 4.90 Å². The van der Waals surface area contributed by atoms with E-state index >= 15 is 0 Å². The molecule has 0 unspecified atom stereocenters. The molecule has 1 amide bonds. The molecule has 0 aromatic heterocycles. The fourth-order valence-corrected chi connectivity index (χ4v) is 2.96. The predicted molar refractivity (Wildman–Crippen MR) is 95.3 cm³/mol. The van der Waals surface area contributed by atoms with Crippen molar-refractivity contribution < 1.29 is 53.9 Å². The van der Waals surface area contributed by atoms with Gasteiger partial charge in [-0.25, -0.2) is 0 Å². The number of rotatable bonds is 3. The molecule has 0 atom stereocenters. The van der Waals surface area contributed by atoms with Crippen LogP contribution in [0.5, 0.6) is 5.75 Å². The molecule has 0 bridgehead atoms. The number of hydrogen-bond acceptors (Lipinski definition) is 5. The minimum absolute atomic E-state index is 0. The average Bonchev–Trinajstić information content (AvgIpc) is 2.54. The Balaban J connectivity index is 0.00000182. The van der Waals surface area contributed by atoms with Crippen molar-refractivity contribution in [2.75, 3.05) is 11.1 Å². The maximum atomic E-state index is 12.2. The smallest absolute Gasteiger partial charge is 1.00 e. The monoisotopic (exact) mass is 382 g/mol. The van der Waals surface area contributed by atoms with Gasteiger partial charge in [-0.2, -0.15) is 8.42 Å². The van der Waals surface area contributed by atoms with Gasteiger partial charge in [0.2, 0.25) is 0 Å². The summed E-state index contributed by atoms with van der Waals surface area (Å²) in [7, 11) is -4.43. The first kappa shape index (κ1) is 20.2. The van der Waals surface area contributed by atoms with Gasteiger partial charge in [-0.05, 0) is 41.8 Å². The van der Waals surface area contributed by atoms with Gasteiger partial charge in [-0.3, -0.25) is 9.35 Å². The van der Waals surface area contributed by atoms with Crippen LogP contribution < -0.4 is 40.6 Å². The summed E-state index contributed by atoms with van der Waals surface area (Å²) in [6.07, 6.45) is 0. The van der Waals surface area contributed by atoms with Gasteiger partial charge in [0.1, 0.15) is 5.75 Å². The topological polar surface area (TPSA) is 130 Å². The van der Waals surface area contributed by atoms with Gasteiger partial charge in [0.25, 0.3) is 16.0 Å². The summed E-state index contributed by atoms with van der Waals surface area (Å²) >= 11 is 0. The molecule has 9 heteroatoms.